The minimum absolute atomic E-state index is 0.0994. The van der Waals surface area contributed by atoms with Gasteiger partial charge in [0.2, 0.25) is 5.88 Å². The summed E-state index contributed by atoms with van der Waals surface area (Å²) in [6.07, 6.45) is 2.36. The summed E-state index contributed by atoms with van der Waals surface area (Å²) in [5.41, 5.74) is 2.83. The third-order valence-corrected chi connectivity index (χ3v) is 3.18. The van der Waals surface area contributed by atoms with Gasteiger partial charge in [-0.1, -0.05) is 32.9 Å². The zero-order chi connectivity index (χ0) is 14.8. The first-order valence-electron chi connectivity index (χ1n) is 6.61. The lowest BCUT2D eigenvalue weighted by atomic mass is 9.86. The number of carbonyl (C=O) groups is 1. The molecule has 3 heteroatoms. The van der Waals surface area contributed by atoms with Crippen LogP contribution in [0.2, 0.25) is 0 Å². The zero-order valence-electron chi connectivity index (χ0n) is 12.3. The van der Waals surface area contributed by atoms with Crippen LogP contribution in [0.1, 0.15) is 42.3 Å². The highest BCUT2D eigenvalue weighted by Crippen LogP contribution is 2.30. The highest BCUT2D eigenvalue weighted by Gasteiger charge is 2.15. The second kappa shape index (κ2) is 5.45. The number of carbonyl (C=O) groups excluding carboxylic acids is 1. The number of pyridine rings is 1. The van der Waals surface area contributed by atoms with Crippen LogP contribution in [0.5, 0.6) is 11.6 Å². The molecule has 0 amide bonds. The Morgan fingerprint density at radius 3 is 2.55 bits per heavy atom. The fraction of sp³-hybridized carbons (Fsp3) is 0.294. The molecule has 0 bridgehead atoms. The number of nitrogens with zero attached hydrogens (tertiary/aromatic N) is 1. The van der Waals surface area contributed by atoms with E-state index < -0.39 is 0 Å². The molecule has 2 aromatic rings. The van der Waals surface area contributed by atoms with Gasteiger partial charge in [0.1, 0.15) is 5.75 Å². The van der Waals surface area contributed by atoms with E-state index in [-0.39, 0.29) is 5.41 Å². The molecule has 3 nitrogen and oxygen atoms in total. The molecule has 0 aliphatic rings. The summed E-state index contributed by atoms with van der Waals surface area (Å²) in [4.78, 5) is 15.1. The SMILES string of the molecule is Cc1cc(C(C)(C)C)ccc1Oc1ncccc1C=O. The maximum Gasteiger partial charge on any atom is 0.229 e. The molecule has 1 heterocycles. The molecule has 0 spiro atoms. The van der Waals surface area contributed by atoms with Crippen LogP contribution in [-0.2, 0) is 5.41 Å². The van der Waals surface area contributed by atoms with Crippen LogP contribution in [0.3, 0.4) is 0 Å². The lowest BCUT2D eigenvalue weighted by Crippen LogP contribution is -2.11. The summed E-state index contributed by atoms with van der Waals surface area (Å²) < 4.78 is 5.76. The largest absolute Gasteiger partial charge is 0.438 e. The third kappa shape index (κ3) is 3.05. The predicted octanol–water partition coefficient (Wildman–Crippen LogP) is 4.29. The van der Waals surface area contributed by atoms with Gasteiger partial charge < -0.3 is 4.74 Å². The van der Waals surface area contributed by atoms with Gasteiger partial charge in [0, 0.05) is 6.20 Å². The number of ether oxygens (including phenoxy) is 1. The maximum atomic E-state index is 11.0. The van der Waals surface area contributed by atoms with Gasteiger partial charge >= 0.3 is 0 Å². The standard InChI is InChI=1S/C17H19NO2/c1-12-10-14(17(2,3)4)7-8-15(12)20-16-13(11-19)6-5-9-18-16/h5-11H,1-4H3. The molecule has 0 unspecified atom stereocenters. The smallest absolute Gasteiger partial charge is 0.229 e. The lowest BCUT2D eigenvalue weighted by Gasteiger charge is -2.20. The Balaban J connectivity index is 2.33. The van der Waals surface area contributed by atoms with E-state index >= 15 is 0 Å². The molecule has 1 aromatic carbocycles. The summed E-state index contributed by atoms with van der Waals surface area (Å²) in [5, 5.41) is 0. The van der Waals surface area contributed by atoms with Gasteiger partial charge in [0.05, 0.1) is 5.56 Å². The molecule has 0 N–H and O–H groups in total. The number of aryl methyl sites for hydroxylation is 1. The van der Waals surface area contributed by atoms with Gasteiger partial charge in [-0.2, -0.15) is 0 Å². The second-order valence-corrected chi connectivity index (χ2v) is 5.85. The first kappa shape index (κ1) is 14.3. The molecule has 0 radical (unpaired) electrons. The Kier molecular flexibility index (Phi) is 3.89. The van der Waals surface area contributed by atoms with E-state index in [2.05, 4.69) is 31.8 Å². The normalized spacial score (nSPS) is 11.2. The monoisotopic (exact) mass is 269 g/mol. The van der Waals surface area contributed by atoms with Gasteiger partial charge in [-0.3, -0.25) is 4.79 Å². The molecule has 0 fully saturated rings. The van der Waals surface area contributed by atoms with E-state index in [1.807, 2.05) is 19.1 Å². The fourth-order valence-corrected chi connectivity index (χ4v) is 1.91. The van der Waals surface area contributed by atoms with Gasteiger partial charge in [-0.15, -0.1) is 0 Å². The summed E-state index contributed by atoms with van der Waals surface area (Å²) in [7, 11) is 0. The summed E-state index contributed by atoms with van der Waals surface area (Å²) in [5.74, 6) is 1.06. The van der Waals surface area contributed by atoms with Crippen LogP contribution in [0.15, 0.2) is 36.5 Å². The van der Waals surface area contributed by atoms with Gasteiger partial charge in [-0.05, 0) is 41.7 Å². The minimum Gasteiger partial charge on any atom is -0.438 e. The number of benzene rings is 1. The van der Waals surface area contributed by atoms with Crippen molar-refractivity contribution in [2.45, 2.75) is 33.1 Å². The fourth-order valence-electron chi connectivity index (χ4n) is 1.91. The first-order valence-corrected chi connectivity index (χ1v) is 6.61. The molecule has 20 heavy (non-hydrogen) atoms. The molecule has 2 rings (SSSR count). The lowest BCUT2D eigenvalue weighted by molar-refractivity contribution is 0.112. The summed E-state index contributed by atoms with van der Waals surface area (Å²) >= 11 is 0. The minimum atomic E-state index is 0.0994. The highest BCUT2D eigenvalue weighted by atomic mass is 16.5. The van der Waals surface area contributed by atoms with E-state index in [0.29, 0.717) is 11.4 Å². The average molecular weight is 269 g/mol. The zero-order valence-corrected chi connectivity index (χ0v) is 12.3. The van der Waals surface area contributed by atoms with Crippen molar-refractivity contribution >= 4 is 6.29 Å². The Bertz CT molecular complexity index is 627. The Labute approximate surface area is 119 Å². The van der Waals surface area contributed by atoms with Crippen molar-refractivity contribution in [1.29, 1.82) is 0 Å². The van der Waals surface area contributed by atoms with E-state index in [4.69, 9.17) is 4.74 Å². The molecular weight excluding hydrogens is 250 g/mol. The summed E-state index contributed by atoms with van der Waals surface area (Å²) in [6, 6.07) is 9.49. The van der Waals surface area contributed by atoms with Crippen molar-refractivity contribution in [1.82, 2.24) is 4.98 Å². The van der Waals surface area contributed by atoms with Crippen molar-refractivity contribution in [3.05, 3.63) is 53.2 Å². The van der Waals surface area contributed by atoms with Crippen LogP contribution in [-0.4, -0.2) is 11.3 Å². The van der Waals surface area contributed by atoms with E-state index in [1.54, 1.807) is 18.3 Å². The van der Waals surface area contributed by atoms with Crippen molar-refractivity contribution in [3.63, 3.8) is 0 Å². The van der Waals surface area contributed by atoms with Crippen LogP contribution < -0.4 is 4.74 Å². The van der Waals surface area contributed by atoms with E-state index in [9.17, 15) is 4.79 Å². The van der Waals surface area contributed by atoms with Crippen molar-refractivity contribution in [2.75, 3.05) is 0 Å². The summed E-state index contributed by atoms with van der Waals surface area (Å²) in [6.45, 7) is 8.51. The Morgan fingerprint density at radius 1 is 1.20 bits per heavy atom. The van der Waals surface area contributed by atoms with Crippen molar-refractivity contribution < 1.29 is 9.53 Å². The molecule has 0 aliphatic heterocycles. The van der Waals surface area contributed by atoms with Crippen LogP contribution >= 0.6 is 0 Å². The highest BCUT2D eigenvalue weighted by molar-refractivity contribution is 5.78. The number of hydrogen-bond donors (Lipinski definition) is 0. The number of aldehydes is 1. The Hall–Kier alpha value is -2.16. The quantitative estimate of drug-likeness (QED) is 0.780. The molecule has 0 saturated carbocycles. The van der Waals surface area contributed by atoms with E-state index in [0.717, 1.165) is 17.6 Å². The van der Waals surface area contributed by atoms with Crippen molar-refractivity contribution in [3.8, 4) is 11.6 Å². The van der Waals surface area contributed by atoms with E-state index in [1.165, 1.54) is 5.56 Å². The molecule has 0 saturated heterocycles. The Morgan fingerprint density at radius 2 is 1.95 bits per heavy atom. The molecule has 104 valence electrons. The number of rotatable bonds is 3. The topological polar surface area (TPSA) is 39.2 Å². The molecular formula is C17H19NO2. The van der Waals surface area contributed by atoms with Crippen molar-refractivity contribution in [2.24, 2.45) is 0 Å². The molecule has 1 aromatic heterocycles. The molecule has 0 aliphatic carbocycles. The van der Waals surface area contributed by atoms with Crippen LogP contribution in [0.4, 0.5) is 0 Å². The molecule has 0 atom stereocenters. The maximum absolute atomic E-state index is 11.0. The van der Waals surface area contributed by atoms with Gasteiger partial charge in [-0.25, -0.2) is 4.98 Å². The van der Waals surface area contributed by atoms with Gasteiger partial charge in [0.25, 0.3) is 0 Å². The van der Waals surface area contributed by atoms with Crippen LogP contribution in [0.25, 0.3) is 0 Å². The number of aromatic nitrogens is 1. The average Bonchev–Trinajstić information content (AvgIpc) is 2.40. The predicted molar refractivity (Wildman–Crippen MR) is 79.6 cm³/mol. The van der Waals surface area contributed by atoms with Crippen LogP contribution in [0, 0.1) is 6.92 Å². The number of hydrogen-bond acceptors (Lipinski definition) is 3. The van der Waals surface area contributed by atoms with Gasteiger partial charge in [0.15, 0.2) is 6.29 Å². The second-order valence-electron chi connectivity index (χ2n) is 5.85. The third-order valence-electron chi connectivity index (χ3n) is 3.18. The first-order chi connectivity index (χ1) is 9.41.